The van der Waals surface area contributed by atoms with Gasteiger partial charge in [-0.15, -0.1) is 0 Å². The number of hydrogen-bond donors (Lipinski definition) is 1. The Hall–Kier alpha value is -2.29. The fraction of sp³-hybridized carbons (Fsp3) is 0.235. The lowest BCUT2D eigenvalue weighted by molar-refractivity contribution is 0.413. The first-order valence-electron chi connectivity index (χ1n) is 6.97. The second-order valence-corrected chi connectivity index (χ2v) is 5.20. The van der Waals surface area contributed by atoms with Crippen molar-refractivity contribution in [1.29, 1.82) is 0 Å². The highest BCUT2D eigenvalue weighted by atomic mass is 15.3. The number of aliphatic imine (C=N–C) groups is 1. The first-order chi connectivity index (χ1) is 9.81. The van der Waals surface area contributed by atoms with Crippen LogP contribution in [0.15, 0.2) is 65.7 Å². The van der Waals surface area contributed by atoms with E-state index in [2.05, 4.69) is 58.4 Å². The molecule has 0 radical (unpaired) electrons. The van der Waals surface area contributed by atoms with Crippen molar-refractivity contribution in [2.24, 2.45) is 10.7 Å². The fourth-order valence-electron chi connectivity index (χ4n) is 2.60. The minimum absolute atomic E-state index is 0.265. The van der Waals surface area contributed by atoms with E-state index >= 15 is 0 Å². The predicted octanol–water partition coefficient (Wildman–Crippen LogP) is 2.43. The topological polar surface area (TPSA) is 41.6 Å². The highest BCUT2D eigenvalue weighted by Gasteiger charge is 2.23. The average molecular weight is 265 g/mol. The third-order valence-electron chi connectivity index (χ3n) is 3.60. The number of nitrogens with zero attached hydrogens (tertiary/aromatic N) is 2. The van der Waals surface area contributed by atoms with E-state index in [1.54, 1.807) is 0 Å². The smallest absolute Gasteiger partial charge is 0.191 e. The Labute approximate surface area is 119 Å². The zero-order valence-corrected chi connectivity index (χ0v) is 11.4. The molecule has 0 spiro atoms. The van der Waals surface area contributed by atoms with E-state index in [0.717, 1.165) is 19.5 Å². The van der Waals surface area contributed by atoms with E-state index in [4.69, 9.17) is 5.73 Å². The predicted molar refractivity (Wildman–Crippen MR) is 82.4 cm³/mol. The molecule has 2 aromatic carbocycles. The van der Waals surface area contributed by atoms with Gasteiger partial charge in [0.15, 0.2) is 5.96 Å². The Kier molecular flexibility index (Phi) is 3.68. The van der Waals surface area contributed by atoms with Crippen molar-refractivity contribution in [3.8, 4) is 0 Å². The summed E-state index contributed by atoms with van der Waals surface area (Å²) >= 11 is 0. The van der Waals surface area contributed by atoms with Crippen molar-refractivity contribution in [3.05, 3.63) is 71.8 Å². The monoisotopic (exact) mass is 265 g/mol. The molecule has 102 valence electrons. The second-order valence-electron chi connectivity index (χ2n) is 5.20. The standard InChI is InChI=1S/C17H19N3/c18-17-19-16(11-14-7-3-1-4-8-14)13-20(17)12-15-9-5-2-6-10-15/h1-10,16H,11-13H2,(H2,18,19)/t16-/m0/s1. The minimum Gasteiger partial charge on any atom is -0.370 e. The SMILES string of the molecule is NC1=N[C@@H](Cc2ccccc2)CN1Cc1ccccc1. The number of rotatable bonds is 4. The lowest BCUT2D eigenvalue weighted by Gasteiger charge is -2.18. The van der Waals surface area contributed by atoms with Gasteiger partial charge in [0.1, 0.15) is 0 Å². The zero-order chi connectivity index (χ0) is 13.8. The summed E-state index contributed by atoms with van der Waals surface area (Å²) in [4.78, 5) is 6.74. The van der Waals surface area contributed by atoms with Gasteiger partial charge in [-0.2, -0.15) is 0 Å². The summed E-state index contributed by atoms with van der Waals surface area (Å²) in [6.07, 6.45) is 0.951. The third kappa shape index (κ3) is 2.99. The van der Waals surface area contributed by atoms with Gasteiger partial charge in [0, 0.05) is 13.1 Å². The normalized spacial score (nSPS) is 18.1. The average Bonchev–Trinajstić information content (AvgIpc) is 2.81. The van der Waals surface area contributed by atoms with Gasteiger partial charge in [-0.25, -0.2) is 4.99 Å². The van der Waals surface area contributed by atoms with Gasteiger partial charge in [-0.05, 0) is 17.5 Å². The molecule has 0 aromatic heterocycles. The van der Waals surface area contributed by atoms with Crippen LogP contribution >= 0.6 is 0 Å². The molecule has 0 bridgehead atoms. The van der Waals surface area contributed by atoms with E-state index in [9.17, 15) is 0 Å². The van der Waals surface area contributed by atoms with Crippen LogP contribution in [0.25, 0.3) is 0 Å². The van der Waals surface area contributed by atoms with Crippen molar-refractivity contribution in [2.45, 2.75) is 19.0 Å². The summed E-state index contributed by atoms with van der Waals surface area (Å²) in [5.41, 5.74) is 8.63. The largest absolute Gasteiger partial charge is 0.370 e. The van der Waals surface area contributed by atoms with Gasteiger partial charge in [0.2, 0.25) is 0 Å². The Morgan fingerprint density at radius 1 is 0.950 bits per heavy atom. The molecule has 1 aliphatic heterocycles. The number of benzene rings is 2. The molecule has 0 aliphatic carbocycles. The molecular formula is C17H19N3. The van der Waals surface area contributed by atoms with Gasteiger partial charge < -0.3 is 10.6 Å². The lowest BCUT2D eigenvalue weighted by atomic mass is 10.1. The van der Waals surface area contributed by atoms with Crippen LogP contribution in [0.5, 0.6) is 0 Å². The zero-order valence-electron chi connectivity index (χ0n) is 11.4. The molecule has 3 rings (SSSR count). The molecule has 1 aliphatic rings. The third-order valence-corrected chi connectivity index (χ3v) is 3.60. The Morgan fingerprint density at radius 3 is 2.20 bits per heavy atom. The molecule has 1 atom stereocenters. The van der Waals surface area contributed by atoms with Crippen LogP contribution in [0.3, 0.4) is 0 Å². The summed E-state index contributed by atoms with van der Waals surface area (Å²) in [6.45, 7) is 1.73. The summed E-state index contributed by atoms with van der Waals surface area (Å²) in [5, 5.41) is 0. The lowest BCUT2D eigenvalue weighted by Crippen LogP contribution is -2.34. The Balaban J connectivity index is 1.62. The van der Waals surface area contributed by atoms with E-state index in [-0.39, 0.29) is 6.04 Å². The highest BCUT2D eigenvalue weighted by molar-refractivity contribution is 5.80. The molecule has 1 heterocycles. The first-order valence-corrected chi connectivity index (χ1v) is 6.97. The van der Waals surface area contributed by atoms with E-state index in [0.29, 0.717) is 5.96 Å². The summed E-state index contributed by atoms with van der Waals surface area (Å²) in [5.74, 6) is 0.662. The molecule has 3 nitrogen and oxygen atoms in total. The van der Waals surface area contributed by atoms with Crippen LogP contribution in [-0.2, 0) is 13.0 Å². The number of hydrogen-bond acceptors (Lipinski definition) is 3. The van der Waals surface area contributed by atoms with Crippen molar-refractivity contribution < 1.29 is 0 Å². The van der Waals surface area contributed by atoms with Crippen LogP contribution in [0.2, 0.25) is 0 Å². The molecule has 3 heteroatoms. The van der Waals surface area contributed by atoms with Crippen LogP contribution in [-0.4, -0.2) is 23.4 Å². The van der Waals surface area contributed by atoms with Crippen LogP contribution < -0.4 is 5.73 Å². The molecule has 0 amide bonds. The maximum atomic E-state index is 6.05. The molecule has 0 saturated heterocycles. The summed E-state index contributed by atoms with van der Waals surface area (Å²) < 4.78 is 0. The highest BCUT2D eigenvalue weighted by Crippen LogP contribution is 2.15. The minimum atomic E-state index is 0.265. The van der Waals surface area contributed by atoms with Crippen molar-refractivity contribution in [3.63, 3.8) is 0 Å². The van der Waals surface area contributed by atoms with Crippen molar-refractivity contribution in [1.82, 2.24) is 4.90 Å². The van der Waals surface area contributed by atoms with Crippen molar-refractivity contribution >= 4 is 5.96 Å². The van der Waals surface area contributed by atoms with E-state index in [1.165, 1.54) is 11.1 Å². The van der Waals surface area contributed by atoms with Gasteiger partial charge in [0.25, 0.3) is 0 Å². The van der Waals surface area contributed by atoms with Crippen LogP contribution in [0.4, 0.5) is 0 Å². The van der Waals surface area contributed by atoms with Crippen molar-refractivity contribution in [2.75, 3.05) is 6.54 Å². The molecular weight excluding hydrogens is 246 g/mol. The van der Waals surface area contributed by atoms with Gasteiger partial charge in [0.05, 0.1) is 6.04 Å². The maximum absolute atomic E-state index is 6.05. The Bertz CT molecular complexity index is 578. The molecule has 0 fully saturated rings. The van der Waals surface area contributed by atoms with Gasteiger partial charge >= 0.3 is 0 Å². The maximum Gasteiger partial charge on any atom is 0.191 e. The van der Waals surface area contributed by atoms with Gasteiger partial charge in [-0.3, -0.25) is 0 Å². The number of nitrogens with two attached hydrogens (primary N) is 1. The molecule has 0 saturated carbocycles. The Morgan fingerprint density at radius 2 is 1.55 bits per heavy atom. The van der Waals surface area contributed by atoms with Crippen LogP contribution in [0, 0.1) is 0 Å². The fourth-order valence-corrected chi connectivity index (χ4v) is 2.60. The summed E-state index contributed by atoms with van der Waals surface area (Å²) in [6, 6.07) is 21.1. The van der Waals surface area contributed by atoms with E-state index in [1.807, 2.05) is 12.1 Å². The summed E-state index contributed by atoms with van der Waals surface area (Å²) in [7, 11) is 0. The first kappa shape index (κ1) is 12.7. The van der Waals surface area contributed by atoms with Crippen LogP contribution in [0.1, 0.15) is 11.1 Å². The molecule has 0 unspecified atom stereocenters. The molecule has 2 N–H and O–H groups in total. The second kappa shape index (κ2) is 5.78. The quantitative estimate of drug-likeness (QED) is 0.922. The number of guanidine groups is 1. The molecule has 2 aromatic rings. The molecule has 20 heavy (non-hydrogen) atoms. The van der Waals surface area contributed by atoms with E-state index < -0.39 is 0 Å². The van der Waals surface area contributed by atoms with Gasteiger partial charge in [-0.1, -0.05) is 60.7 Å².